The third-order valence-electron chi connectivity index (χ3n) is 3.79. The van der Waals surface area contributed by atoms with Crippen molar-refractivity contribution in [3.05, 3.63) is 35.9 Å². The van der Waals surface area contributed by atoms with E-state index in [1.54, 1.807) is 7.11 Å². The normalized spacial score (nSPS) is 15.4. The van der Waals surface area contributed by atoms with E-state index >= 15 is 0 Å². The van der Waals surface area contributed by atoms with Crippen molar-refractivity contribution in [3.63, 3.8) is 0 Å². The molecule has 21 heavy (non-hydrogen) atoms. The van der Waals surface area contributed by atoms with Gasteiger partial charge in [0.05, 0.1) is 7.11 Å². The minimum atomic E-state index is -0.0959. The Balaban J connectivity index is 1.82. The van der Waals surface area contributed by atoms with Crippen molar-refractivity contribution in [1.82, 2.24) is 10.3 Å². The van der Waals surface area contributed by atoms with Crippen molar-refractivity contribution >= 4 is 11.5 Å². The van der Waals surface area contributed by atoms with E-state index in [0.29, 0.717) is 6.42 Å². The summed E-state index contributed by atoms with van der Waals surface area (Å²) in [7, 11) is 1.68. The molecule has 0 aliphatic carbocycles. The van der Waals surface area contributed by atoms with Crippen LogP contribution in [0.15, 0.2) is 30.3 Å². The van der Waals surface area contributed by atoms with Crippen LogP contribution in [0, 0.1) is 0 Å². The van der Waals surface area contributed by atoms with Gasteiger partial charge in [0.2, 0.25) is 5.91 Å². The van der Waals surface area contributed by atoms with Gasteiger partial charge in [-0.15, -0.1) is 0 Å². The molecule has 1 aliphatic rings. The van der Waals surface area contributed by atoms with Gasteiger partial charge in [-0.25, -0.2) is 5.84 Å². The molecule has 0 aromatic heterocycles. The van der Waals surface area contributed by atoms with Crippen LogP contribution in [0.3, 0.4) is 0 Å². The zero-order valence-electron chi connectivity index (χ0n) is 12.5. The van der Waals surface area contributed by atoms with E-state index in [1.165, 1.54) is 11.1 Å². The van der Waals surface area contributed by atoms with Crippen LogP contribution in [0.25, 0.3) is 5.57 Å². The lowest BCUT2D eigenvalue weighted by molar-refractivity contribution is -0.121. The summed E-state index contributed by atoms with van der Waals surface area (Å²) in [4.78, 5) is 13.4. The van der Waals surface area contributed by atoms with Crippen molar-refractivity contribution in [3.8, 4) is 5.75 Å². The molecule has 0 bridgehead atoms. The molecule has 1 aromatic carbocycles. The monoisotopic (exact) mass is 289 g/mol. The van der Waals surface area contributed by atoms with Crippen LogP contribution in [0.4, 0.5) is 0 Å². The molecule has 5 heteroatoms. The molecule has 0 atom stereocenters. The third-order valence-corrected chi connectivity index (χ3v) is 3.79. The molecule has 1 aromatic rings. The van der Waals surface area contributed by atoms with Crippen LogP contribution in [0.2, 0.25) is 0 Å². The SMILES string of the molecule is COc1ccc(C2=CCN(CCCC(=O)NN)CC2)cc1. The maximum atomic E-state index is 11.1. The molecule has 0 unspecified atom stereocenters. The number of carbonyl (C=O) groups excluding carboxylic acids is 1. The Labute approximate surface area is 125 Å². The highest BCUT2D eigenvalue weighted by Crippen LogP contribution is 2.24. The van der Waals surface area contributed by atoms with Crippen LogP contribution < -0.4 is 16.0 Å². The van der Waals surface area contributed by atoms with Crippen molar-refractivity contribution in [2.45, 2.75) is 19.3 Å². The summed E-state index contributed by atoms with van der Waals surface area (Å²) in [6.45, 7) is 2.90. The first-order valence-electron chi connectivity index (χ1n) is 7.28. The number of carbonyl (C=O) groups is 1. The number of benzene rings is 1. The van der Waals surface area contributed by atoms with E-state index in [0.717, 1.165) is 38.2 Å². The highest BCUT2D eigenvalue weighted by molar-refractivity contribution is 5.75. The number of hydrazine groups is 1. The second kappa shape index (κ2) is 7.81. The first kappa shape index (κ1) is 15.5. The number of ether oxygens (including phenoxy) is 1. The van der Waals surface area contributed by atoms with Gasteiger partial charge in [0.25, 0.3) is 0 Å². The Morgan fingerprint density at radius 2 is 2.14 bits per heavy atom. The fourth-order valence-electron chi connectivity index (χ4n) is 2.52. The first-order chi connectivity index (χ1) is 10.2. The zero-order valence-corrected chi connectivity index (χ0v) is 12.5. The van der Waals surface area contributed by atoms with Gasteiger partial charge in [-0.3, -0.25) is 15.1 Å². The number of rotatable bonds is 6. The van der Waals surface area contributed by atoms with Crippen LogP contribution >= 0.6 is 0 Å². The minimum Gasteiger partial charge on any atom is -0.497 e. The van der Waals surface area contributed by atoms with Crippen LogP contribution in [-0.2, 0) is 4.79 Å². The molecule has 3 N–H and O–H groups in total. The number of nitrogens with one attached hydrogen (secondary N) is 1. The topological polar surface area (TPSA) is 67.6 Å². The van der Waals surface area contributed by atoms with E-state index in [9.17, 15) is 4.79 Å². The number of amides is 1. The highest BCUT2D eigenvalue weighted by Gasteiger charge is 2.13. The zero-order chi connectivity index (χ0) is 15.1. The maximum Gasteiger partial charge on any atom is 0.233 e. The summed E-state index contributed by atoms with van der Waals surface area (Å²) in [5.41, 5.74) is 4.81. The minimum absolute atomic E-state index is 0.0959. The molecule has 0 fully saturated rings. The summed E-state index contributed by atoms with van der Waals surface area (Å²) < 4.78 is 5.18. The number of nitrogens with two attached hydrogens (primary N) is 1. The van der Waals surface area contributed by atoms with Crippen molar-refractivity contribution in [1.29, 1.82) is 0 Å². The number of nitrogens with zero attached hydrogens (tertiary/aromatic N) is 1. The number of hydrogen-bond donors (Lipinski definition) is 2. The van der Waals surface area contributed by atoms with Crippen LogP contribution in [-0.4, -0.2) is 37.6 Å². The molecule has 5 nitrogen and oxygen atoms in total. The van der Waals surface area contributed by atoms with Gasteiger partial charge in [-0.05, 0) is 42.7 Å². The molecular formula is C16H23N3O2. The molecule has 2 rings (SSSR count). The molecule has 114 valence electrons. The predicted octanol–water partition coefficient (Wildman–Crippen LogP) is 1.55. The standard InChI is InChI=1S/C16H23N3O2/c1-21-15-6-4-13(5-7-15)14-8-11-19(12-9-14)10-2-3-16(20)18-17/h4-8H,2-3,9-12,17H2,1H3,(H,18,20). The van der Waals surface area contributed by atoms with Crippen molar-refractivity contribution < 1.29 is 9.53 Å². The second-order valence-corrected chi connectivity index (χ2v) is 5.18. The quantitative estimate of drug-likeness (QED) is 0.474. The fraction of sp³-hybridized carbons (Fsp3) is 0.438. The summed E-state index contributed by atoms with van der Waals surface area (Å²) in [6, 6.07) is 8.19. The molecule has 1 heterocycles. The third kappa shape index (κ3) is 4.58. The Bertz CT molecular complexity index is 497. The number of methoxy groups -OCH3 is 1. The Kier molecular flexibility index (Phi) is 5.78. The van der Waals surface area contributed by atoms with Crippen molar-refractivity contribution in [2.24, 2.45) is 5.84 Å². The van der Waals surface area contributed by atoms with Gasteiger partial charge in [0.15, 0.2) is 0 Å². The van der Waals surface area contributed by atoms with Crippen molar-refractivity contribution in [2.75, 3.05) is 26.7 Å². The average molecular weight is 289 g/mol. The van der Waals surface area contributed by atoms with E-state index in [1.807, 2.05) is 12.1 Å². The molecular weight excluding hydrogens is 266 g/mol. The Hall–Kier alpha value is -1.85. The molecule has 0 radical (unpaired) electrons. The van der Waals surface area contributed by atoms with E-state index < -0.39 is 0 Å². The first-order valence-corrected chi connectivity index (χ1v) is 7.28. The summed E-state index contributed by atoms with van der Waals surface area (Å²) in [5, 5.41) is 0. The fourth-order valence-corrected chi connectivity index (χ4v) is 2.52. The average Bonchev–Trinajstić information content (AvgIpc) is 2.55. The second-order valence-electron chi connectivity index (χ2n) is 5.18. The van der Waals surface area contributed by atoms with Gasteiger partial charge in [0.1, 0.15) is 5.75 Å². The summed E-state index contributed by atoms with van der Waals surface area (Å²) in [6.07, 6.45) is 4.64. The van der Waals surface area contributed by atoms with E-state index in [-0.39, 0.29) is 5.91 Å². The van der Waals surface area contributed by atoms with E-state index in [4.69, 9.17) is 10.6 Å². The smallest absolute Gasteiger partial charge is 0.233 e. The maximum absolute atomic E-state index is 11.1. The van der Waals surface area contributed by atoms with Gasteiger partial charge in [-0.2, -0.15) is 0 Å². The largest absolute Gasteiger partial charge is 0.497 e. The molecule has 0 saturated carbocycles. The predicted molar refractivity (Wildman–Crippen MR) is 83.6 cm³/mol. The molecule has 1 amide bonds. The van der Waals surface area contributed by atoms with Gasteiger partial charge in [-0.1, -0.05) is 18.2 Å². The molecule has 0 saturated heterocycles. The highest BCUT2D eigenvalue weighted by atomic mass is 16.5. The lowest BCUT2D eigenvalue weighted by Crippen LogP contribution is -2.32. The molecule has 0 spiro atoms. The Morgan fingerprint density at radius 3 is 2.71 bits per heavy atom. The molecule has 1 aliphatic heterocycles. The summed E-state index contributed by atoms with van der Waals surface area (Å²) >= 11 is 0. The van der Waals surface area contributed by atoms with Crippen LogP contribution in [0.5, 0.6) is 5.75 Å². The number of hydrogen-bond acceptors (Lipinski definition) is 4. The summed E-state index contributed by atoms with van der Waals surface area (Å²) in [5.74, 6) is 5.85. The Morgan fingerprint density at radius 1 is 1.38 bits per heavy atom. The van der Waals surface area contributed by atoms with E-state index in [2.05, 4.69) is 28.5 Å². The lowest BCUT2D eigenvalue weighted by Gasteiger charge is -2.26. The van der Waals surface area contributed by atoms with Gasteiger partial charge in [0, 0.05) is 19.5 Å². The van der Waals surface area contributed by atoms with Gasteiger partial charge >= 0.3 is 0 Å². The lowest BCUT2D eigenvalue weighted by atomic mass is 9.99. The van der Waals surface area contributed by atoms with Gasteiger partial charge < -0.3 is 4.74 Å². The van der Waals surface area contributed by atoms with Crippen LogP contribution in [0.1, 0.15) is 24.8 Å².